The van der Waals surface area contributed by atoms with Gasteiger partial charge in [0.25, 0.3) is 0 Å². The molecule has 2 amide bonds. The molecule has 0 saturated carbocycles. The van der Waals surface area contributed by atoms with Gasteiger partial charge in [-0.3, -0.25) is 14.5 Å². The molecule has 9 nitrogen and oxygen atoms in total. The zero-order valence-electron chi connectivity index (χ0n) is 17.7. The van der Waals surface area contributed by atoms with Crippen molar-refractivity contribution < 1.29 is 22.7 Å². The highest BCUT2D eigenvalue weighted by Gasteiger charge is 2.44. The van der Waals surface area contributed by atoms with Gasteiger partial charge in [0, 0.05) is 44.7 Å². The highest BCUT2D eigenvalue weighted by Crippen LogP contribution is 2.27. The van der Waals surface area contributed by atoms with Crippen molar-refractivity contribution in [2.75, 3.05) is 33.3 Å². The van der Waals surface area contributed by atoms with E-state index in [1.165, 1.54) is 19.2 Å². The number of fused-ring (bicyclic) bond motifs is 1. The summed E-state index contributed by atoms with van der Waals surface area (Å²) in [4.78, 5) is 29.0. The van der Waals surface area contributed by atoms with Gasteiger partial charge >= 0.3 is 0 Å². The quantitative estimate of drug-likeness (QED) is 0.619. The number of hydrogen-bond donors (Lipinski definition) is 2. The van der Waals surface area contributed by atoms with Crippen molar-refractivity contribution in [3.05, 3.63) is 24.3 Å². The van der Waals surface area contributed by atoms with E-state index in [-0.39, 0.29) is 34.8 Å². The molecule has 3 unspecified atom stereocenters. The van der Waals surface area contributed by atoms with Crippen LogP contribution in [0.2, 0.25) is 0 Å². The first-order valence-electron chi connectivity index (χ1n) is 10.8. The second kappa shape index (κ2) is 9.13. The van der Waals surface area contributed by atoms with Gasteiger partial charge in [-0.25, -0.2) is 13.1 Å². The Kier molecular flexibility index (Phi) is 6.49. The molecule has 3 fully saturated rings. The first-order chi connectivity index (χ1) is 14.9. The number of carbonyl (C=O) groups is 2. The molecule has 0 aliphatic carbocycles. The van der Waals surface area contributed by atoms with Crippen LogP contribution in [0.15, 0.2) is 29.2 Å². The number of sulfonamides is 1. The van der Waals surface area contributed by atoms with Crippen molar-refractivity contribution in [3.63, 3.8) is 0 Å². The largest absolute Gasteiger partial charge is 0.497 e. The highest BCUT2D eigenvalue weighted by molar-refractivity contribution is 7.89. The second-order valence-electron chi connectivity index (χ2n) is 8.47. The fraction of sp³-hybridized carbons (Fsp3) is 0.619. The first kappa shape index (κ1) is 22.0. The average molecular weight is 451 g/mol. The molecule has 1 aromatic rings. The minimum absolute atomic E-state index is 0.0322. The number of carbonyl (C=O) groups excluding carboxylic acids is 2. The van der Waals surface area contributed by atoms with E-state index < -0.39 is 10.0 Å². The molecule has 3 saturated heterocycles. The number of amides is 2. The lowest BCUT2D eigenvalue weighted by molar-refractivity contribution is -0.131. The van der Waals surface area contributed by atoms with Crippen molar-refractivity contribution in [1.29, 1.82) is 0 Å². The van der Waals surface area contributed by atoms with E-state index in [1.807, 2.05) is 4.90 Å². The Bertz CT molecular complexity index is 914. The predicted molar refractivity (Wildman–Crippen MR) is 114 cm³/mol. The van der Waals surface area contributed by atoms with Gasteiger partial charge < -0.3 is 15.0 Å². The van der Waals surface area contributed by atoms with Crippen molar-refractivity contribution in [3.8, 4) is 5.75 Å². The van der Waals surface area contributed by atoms with Gasteiger partial charge in [0.15, 0.2) is 0 Å². The summed E-state index contributed by atoms with van der Waals surface area (Å²) >= 11 is 0. The van der Waals surface area contributed by atoms with Crippen LogP contribution >= 0.6 is 0 Å². The molecule has 31 heavy (non-hydrogen) atoms. The Balaban J connectivity index is 1.38. The van der Waals surface area contributed by atoms with Crippen molar-refractivity contribution >= 4 is 21.8 Å². The molecule has 170 valence electrons. The SMILES string of the molecule is COc1ccc(S(=O)(=O)NC2CC3C(=O)NCC(CCC(=O)N4CCCC4)N3C2)cc1. The molecular formula is C21H30N4O5S. The fourth-order valence-corrected chi connectivity index (χ4v) is 6.03. The number of hydrogen-bond acceptors (Lipinski definition) is 6. The molecular weight excluding hydrogens is 420 g/mol. The van der Waals surface area contributed by atoms with Gasteiger partial charge in [-0.2, -0.15) is 0 Å². The third-order valence-corrected chi connectivity index (χ3v) is 8.00. The Morgan fingerprint density at radius 1 is 1.23 bits per heavy atom. The smallest absolute Gasteiger partial charge is 0.240 e. The number of benzene rings is 1. The van der Waals surface area contributed by atoms with Crippen LogP contribution < -0.4 is 14.8 Å². The zero-order chi connectivity index (χ0) is 22.0. The second-order valence-corrected chi connectivity index (χ2v) is 10.2. The lowest BCUT2D eigenvalue weighted by atomic mass is 10.0. The number of piperazine rings is 1. The van der Waals surface area contributed by atoms with Gasteiger partial charge in [0.2, 0.25) is 21.8 Å². The highest BCUT2D eigenvalue weighted by atomic mass is 32.2. The van der Waals surface area contributed by atoms with Gasteiger partial charge in [-0.05, 0) is 49.9 Å². The summed E-state index contributed by atoms with van der Waals surface area (Å²) in [5.74, 6) is 0.676. The molecule has 3 heterocycles. The van der Waals surface area contributed by atoms with Crippen LogP contribution in [-0.4, -0.2) is 81.4 Å². The predicted octanol–water partition coefficient (Wildman–Crippen LogP) is 0.317. The minimum Gasteiger partial charge on any atom is -0.497 e. The minimum atomic E-state index is -3.71. The molecule has 10 heteroatoms. The number of nitrogens with one attached hydrogen (secondary N) is 2. The van der Waals surface area contributed by atoms with Gasteiger partial charge in [0.1, 0.15) is 5.75 Å². The van der Waals surface area contributed by atoms with E-state index in [9.17, 15) is 18.0 Å². The summed E-state index contributed by atoms with van der Waals surface area (Å²) < 4.78 is 33.4. The van der Waals surface area contributed by atoms with Gasteiger partial charge in [0.05, 0.1) is 18.0 Å². The van der Waals surface area contributed by atoms with Crippen LogP contribution in [0.25, 0.3) is 0 Å². The molecule has 0 bridgehead atoms. The molecule has 0 spiro atoms. The van der Waals surface area contributed by atoms with Crippen LogP contribution in [0.1, 0.15) is 32.1 Å². The average Bonchev–Trinajstić information content (AvgIpc) is 3.43. The lowest BCUT2D eigenvalue weighted by Gasteiger charge is -2.37. The Hall–Kier alpha value is -2.17. The number of nitrogens with zero attached hydrogens (tertiary/aromatic N) is 2. The maximum absolute atomic E-state index is 12.8. The number of likely N-dealkylation sites (tertiary alicyclic amines) is 1. The van der Waals surface area contributed by atoms with Crippen LogP contribution in [0, 0.1) is 0 Å². The molecule has 3 atom stereocenters. The topological polar surface area (TPSA) is 108 Å². The molecule has 2 N–H and O–H groups in total. The normalized spacial score (nSPS) is 26.5. The van der Waals surface area contributed by atoms with Crippen molar-refractivity contribution in [1.82, 2.24) is 19.8 Å². The van der Waals surface area contributed by atoms with E-state index in [0.717, 1.165) is 25.9 Å². The van der Waals surface area contributed by atoms with Crippen molar-refractivity contribution in [2.45, 2.75) is 55.1 Å². The number of methoxy groups -OCH3 is 1. The number of ether oxygens (including phenoxy) is 1. The molecule has 0 aromatic heterocycles. The number of rotatable bonds is 7. The van der Waals surface area contributed by atoms with E-state index in [2.05, 4.69) is 14.9 Å². The molecule has 4 rings (SSSR count). The van der Waals surface area contributed by atoms with E-state index in [4.69, 9.17) is 4.74 Å². The Morgan fingerprint density at radius 2 is 1.94 bits per heavy atom. The van der Waals surface area contributed by atoms with E-state index in [0.29, 0.717) is 38.1 Å². The molecule has 3 aliphatic rings. The summed E-state index contributed by atoms with van der Waals surface area (Å²) in [6.07, 6.45) is 3.65. The van der Waals surface area contributed by atoms with Crippen LogP contribution in [0.5, 0.6) is 5.75 Å². The monoisotopic (exact) mass is 450 g/mol. The molecule has 0 radical (unpaired) electrons. The van der Waals surface area contributed by atoms with Crippen LogP contribution in [0.3, 0.4) is 0 Å². The Morgan fingerprint density at radius 3 is 2.61 bits per heavy atom. The maximum atomic E-state index is 12.8. The lowest BCUT2D eigenvalue weighted by Crippen LogP contribution is -2.58. The summed E-state index contributed by atoms with van der Waals surface area (Å²) in [7, 11) is -2.18. The Labute approximate surface area is 183 Å². The molecule has 1 aromatic carbocycles. The summed E-state index contributed by atoms with van der Waals surface area (Å²) in [6.45, 7) is 2.61. The maximum Gasteiger partial charge on any atom is 0.240 e. The van der Waals surface area contributed by atoms with Crippen molar-refractivity contribution in [2.24, 2.45) is 0 Å². The summed E-state index contributed by atoms with van der Waals surface area (Å²) in [5, 5.41) is 2.93. The fourth-order valence-electron chi connectivity index (χ4n) is 4.79. The van der Waals surface area contributed by atoms with Gasteiger partial charge in [-0.1, -0.05) is 0 Å². The zero-order valence-corrected chi connectivity index (χ0v) is 18.6. The first-order valence-corrected chi connectivity index (χ1v) is 12.3. The standard InChI is InChI=1S/C21H30N4O5S/c1-30-17-5-7-18(8-6-17)31(28,29)23-15-12-19-21(27)22-13-16(25(19)14-15)4-9-20(26)24-10-2-3-11-24/h5-8,15-16,19,23H,2-4,9-14H2,1H3,(H,22,27). The van der Waals surface area contributed by atoms with Crippen LogP contribution in [0.4, 0.5) is 0 Å². The summed E-state index contributed by atoms with van der Waals surface area (Å²) in [5.41, 5.74) is 0. The third kappa shape index (κ3) is 4.86. The molecule has 3 aliphatic heterocycles. The van der Waals surface area contributed by atoms with E-state index in [1.54, 1.807) is 12.1 Å². The summed E-state index contributed by atoms with van der Waals surface area (Å²) in [6, 6.07) is 5.51. The van der Waals surface area contributed by atoms with Gasteiger partial charge in [-0.15, -0.1) is 0 Å². The van der Waals surface area contributed by atoms with Crippen LogP contribution in [-0.2, 0) is 19.6 Å². The van der Waals surface area contributed by atoms with E-state index >= 15 is 0 Å². The third-order valence-electron chi connectivity index (χ3n) is 6.46.